The van der Waals surface area contributed by atoms with E-state index < -0.39 is 10.0 Å². The summed E-state index contributed by atoms with van der Waals surface area (Å²) in [6, 6.07) is 12.3. The molecule has 0 saturated heterocycles. The number of amides is 1. The molecule has 0 aliphatic rings. The summed E-state index contributed by atoms with van der Waals surface area (Å²) in [7, 11) is -3.79. The maximum absolute atomic E-state index is 12.5. The number of H-pyrrole nitrogens is 1. The fourth-order valence-corrected chi connectivity index (χ4v) is 4.15. The fourth-order valence-electron chi connectivity index (χ4n) is 2.76. The van der Waals surface area contributed by atoms with E-state index in [9.17, 15) is 13.2 Å². The topological polar surface area (TPSA) is 109 Å². The van der Waals surface area contributed by atoms with E-state index in [-0.39, 0.29) is 17.3 Å². The van der Waals surface area contributed by atoms with Gasteiger partial charge in [-0.25, -0.2) is 8.42 Å². The molecule has 158 valence electrons. The number of anilines is 2. The predicted octanol–water partition coefficient (Wildman–Crippen LogP) is 3.99. The molecule has 0 atom stereocenters. The van der Waals surface area contributed by atoms with E-state index in [1.807, 2.05) is 6.92 Å². The van der Waals surface area contributed by atoms with Crippen LogP contribution >= 0.6 is 23.8 Å². The maximum Gasteiger partial charge on any atom is 0.261 e. The quantitative estimate of drug-likeness (QED) is 0.436. The Morgan fingerprint density at radius 3 is 2.60 bits per heavy atom. The van der Waals surface area contributed by atoms with E-state index in [1.165, 1.54) is 30.3 Å². The Balaban J connectivity index is 1.71. The molecule has 30 heavy (non-hydrogen) atoms. The Labute approximate surface area is 184 Å². The third-order valence-electron chi connectivity index (χ3n) is 4.14. The van der Waals surface area contributed by atoms with E-state index in [0.717, 1.165) is 6.42 Å². The minimum Gasteiger partial charge on any atom is -0.324 e. The Kier molecular flexibility index (Phi) is 6.91. The van der Waals surface area contributed by atoms with Crippen molar-refractivity contribution in [3.8, 4) is 0 Å². The number of carbonyl (C=O) groups excluding carboxylic acids is 1. The highest BCUT2D eigenvalue weighted by Gasteiger charge is 2.15. The van der Waals surface area contributed by atoms with Crippen LogP contribution in [-0.2, 0) is 27.8 Å². The highest BCUT2D eigenvalue weighted by Crippen LogP contribution is 2.21. The zero-order valence-electron chi connectivity index (χ0n) is 16.1. The summed E-state index contributed by atoms with van der Waals surface area (Å²) in [6.45, 7) is 2.02. The van der Waals surface area contributed by atoms with Crippen LogP contribution in [0.4, 0.5) is 11.4 Å². The Bertz CT molecular complexity index is 1200. The molecule has 11 heteroatoms. The lowest BCUT2D eigenvalue weighted by Gasteiger charge is -2.11. The monoisotopic (exact) mass is 465 g/mol. The maximum atomic E-state index is 12.5. The SMILES string of the molecule is CCCc1n[nH]c(=S)n1CC(=O)Nc1cccc(NS(=O)(=O)c2ccc(Cl)cc2)c1. The molecule has 1 aromatic heterocycles. The molecule has 0 radical (unpaired) electrons. The Morgan fingerprint density at radius 2 is 1.90 bits per heavy atom. The largest absolute Gasteiger partial charge is 0.324 e. The highest BCUT2D eigenvalue weighted by molar-refractivity contribution is 7.92. The fraction of sp³-hybridized carbons (Fsp3) is 0.211. The lowest BCUT2D eigenvalue weighted by atomic mass is 10.3. The molecule has 2 aromatic carbocycles. The number of carbonyl (C=O) groups is 1. The molecular weight excluding hydrogens is 446 g/mol. The number of aryl methyl sites for hydroxylation is 1. The van der Waals surface area contributed by atoms with Gasteiger partial charge in [0.05, 0.1) is 10.6 Å². The van der Waals surface area contributed by atoms with Crippen molar-refractivity contribution < 1.29 is 13.2 Å². The number of aromatic amines is 1. The molecule has 3 aromatic rings. The van der Waals surface area contributed by atoms with Crippen molar-refractivity contribution in [2.75, 3.05) is 10.0 Å². The average Bonchev–Trinajstić information content (AvgIpc) is 3.02. The molecule has 0 aliphatic heterocycles. The molecule has 3 rings (SSSR count). The summed E-state index contributed by atoms with van der Waals surface area (Å²) < 4.78 is 29.6. The van der Waals surface area contributed by atoms with Crippen molar-refractivity contribution in [1.82, 2.24) is 14.8 Å². The number of halogens is 1. The number of hydrogen-bond donors (Lipinski definition) is 3. The molecule has 0 bridgehead atoms. The second-order valence-electron chi connectivity index (χ2n) is 6.47. The van der Waals surface area contributed by atoms with Crippen molar-refractivity contribution in [3.63, 3.8) is 0 Å². The number of aromatic nitrogens is 3. The summed E-state index contributed by atoms with van der Waals surface area (Å²) >= 11 is 11.0. The van der Waals surface area contributed by atoms with Crippen LogP contribution in [0, 0.1) is 4.77 Å². The van der Waals surface area contributed by atoms with Crippen LogP contribution in [-0.4, -0.2) is 29.1 Å². The van der Waals surface area contributed by atoms with Crippen LogP contribution in [0.25, 0.3) is 0 Å². The van der Waals surface area contributed by atoms with E-state index in [1.54, 1.807) is 22.8 Å². The molecule has 0 spiro atoms. The summed E-state index contributed by atoms with van der Waals surface area (Å²) in [5.41, 5.74) is 0.762. The smallest absolute Gasteiger partial charge is 0.261 e. The van der Waals surface area contributed by atoms with Crippen LogP contribution in [0.3, 0.4) is 0 Å². The molecule has 0 saturated carbocycles. The van der Waals surface area contributed by atoms with Crippen LogP contribution in [0.15, 0.2) is 53.4 Å². The van der Waals surface area contributed by atoms with Crippen molar-refractivity contribution in [2.24, 2.45) is 0 Å². The van der Waals surface area contributed by atoms with Gasteiger partial charge >= 0.3 is 0 Å². The number of hydrogen-bond acceptors (Lipinski definition) is 5. The van der Waals surface area contributed by atoms with Crippen LogP contribution in [0.2, 0.25) is 5.02 Å². The van der Waals surface area contributed by atoms with Crippen molar-refractivity contribution in [2.45, 2.75) is 31.2 Å². The zero-order valence-corrected chi connectivity index (χ0v) is 18.4. The van der Waals surface area contributed by atoms with E-state index in [4.69, 9.17) is 23.8 Å². The molecule has 1 amide bonds. The van der Waals surface area contributed by atoms with Gasteiger partial charge in [0.1, 0.15) is 12.4 Å². The number of rotatable bonds is 8. The van der Waals surface area contributed by atoms with Gasteiger partial charge in [-0.1, -0.05) is 24.6 Å². The van der Waals surface area contributed by atoms with Gasteiger partial charge < -0.3 is 5.32 Å². The van der Waals surface area contributed by atoms with Crippen molar-refractivity contribution in [3.05, 3.63) is 64.1 Å². The molecule has 1 heterocycles. The first kappa shape index (κ1) is 22.0. The third kappa shape index (κ3) is 5.47. The summed E-state index contributed by atoms with van der Waals surface area (Å²) in [6.07, 6.45) is 1.57. The van der Waals surface area contributed by atoms with Crippen molar-refractivity contribution in [1.29, 1.82) is 0 Å². The molecule has 0 fully saturated rings. The highest BCUT2D eigenvalue weighted by atomic mass is 35.5. The number of benzene rings is 2. The first-order valence-electron chi connectivity index (χ1n) is 9.11. The number of nitrogens with zero attached hydrogens (tertiary/aromatic N) is 2. The van der Waals surface area contributed by atoms with Gasteiger partial charge in [0.15, 0.2) is 4.77 Å². The van der Waals surface area contributed by atoms with E-state index >= 15 is 0 Å². The molecular formula is C19H20ClN5O3S2. The first-order valence-corrected chi connectivity index (χ1v) is 11.4. The van der Waals surface area contributed by atoms with Gasteiger partial charge in [0.2, 0.25) is 5.91 Å². The van der Waals surface area contributed by atoms with Gasteiger partial charge in [-0.2, -0.15) is 5.10 Å². The average molecular weight is 466 g/mol. The van der Waals surface area contributed by atoms with Gasteiger partial charge in [0.25, 0.3) is 10.0 Å². The zero-order chi connectivity index (χ0) is 21.7. The molecule has 3 N–H and O–H groups in total. The van der Waals surface area contributed by atoms with Crippen LogP contribution in [0.5, 0.6) is 0 Å². The van der Waals surface area contributed by atoms with Crippen LogP contribution < -0.4 is 10.0 Å². The minimum absolute atomic E-state index is 0.00535. The first-order chi connectivity index (χ1) is 14.3. The molecule has 8 nitrogen and oxygen atoms in total. The lowest BCUT2D eigenvalue weighted by Crippen LogP contribution is -2.20. The van der Waals surface area contributed by atoms with Gasteiger partial charge in [0, 0.05) is 17.1 Å². The van der Waals surface area contributed by atoms with E-state index in [0.29, 0.717) is 33.4 Å². The summed E-state index contributed by atoms with van der Waals surface area (Å²) in [4.78, 5) is 12.5. The van der Waals surface area contributed by atoms with Gasteiger partial charge in [-0.3, -0.25) is 19.2 Å². The van der Waals surface area contributed by atoms with Crippen LogP contribution in [0.1, 0.15) is 19.2 Å². The summed E-state index contributed by atoms with van der Waals surface area (Å²) in [5.74, 6) is 0.407. The Hall–Kier alpha value is -2.69. The van der Waals surface area contributed by atoms with Gasteiger partial charge in [-0.05, 0) is 61.1 Å². The third-order valence-corrected chi connectivity index (χ3v) is 6.10. The normalized spacial score (nSPS) is 11.3. The van der Waals surface area contributed by atoms with E-state index in [2.05, 4.69) is 20.2 Å². The van der Waals surface area contributed by atoms with Crippen molar-refractivity contribution >= 4 is 51.1 Å². The Morgan fingerprint density at radius 1 is 1.20 bits per heavy atom. The molecule has 0 aliphatic carbocycles. The number of nitrogens with one attached hydrogen (secondary N) is 3. The second-order valence-corrected chi connectivity index (χ2v) is 8.98. The van der Waals surface area contributed by atoms with Gasteiger partial charge in [-0.15, -0.1) is 0 Å². The second kappa shape index (κ2) is 9.41. The number of sulfonamides is 1. The standard InChI is InChI=1S/C19H20ClN5O3S2/c1-2-4-17-22-23-19(29)25(17)12-18(26)21-14-5-3-6-15(11-14)24-30(27,28)16-9-7-13(20)8-10-16/h3,5-11,24H,2,4,12H2,1H3,(H,21,26)(H,23,29). The predicted molar refractivity (Wildman–Crippen MR) is 119 cm³/mol. The molecule has 0 unspecified atom stereocenters. The minimum atomic E-state index is -3.79. The lowest BCUT2D eigenvalue weighted by molar-refractivity contribution is -0.116. The summed E-state index contributed by atoms with van der Waals surface area (Å²) in [5, 5.41) is 10.0.